The highest BCUT2D eigenvalue weighted by Crippen LogP contribution is 2.21. The van der Waals surface area contributed by atoms with E-state index >= 15 is 0 Å². The van der Waals surface area contributed by atoms with Crippen LogP contribution >= 0.6 is 0 Å². The molecule has 7 nitrogen and oxygen atoms in total. The highest BCUT2D eigenvalue weighted by atomic mass is 16.5. The maximum absolute atomic E-state index is 11.3. The third kappa shape index (κ3) is 1.47. The first-order valence-corrected chi connectivity index (χ1v) is 4.23. The van der Waals surface area contributed by atoms with Crippen LogP contribution < -0.4 is 0 Å². The summed E-state index contributed by atoms with van der Waals surface area (Å²) < 4.78 is 4.58. The maximum Gasteiger partial charge on any atom is 0.360 e. The Kier molecular flexibility index (Phi) is 2.20. The number of aromatic amines is 2. The quantitative estimate of drug-likeness (QED) is 0.690. The standard InChI is InChI=1S/C8H9N5O2/c1-4-5(3-9-10-4)6-7(8(14)15-2)12-13-11-6/h3H,1-2H3,(H,9,10)(H,11,12,13). The van der Waals surface area contributed by atoms with E-state index in [1.807, 2.05) is 6.92 Å². The van der Waals surface area contributed by atoms with Gasteiger partial charge >= 0.3 is 5.97 Å². The van der Waals surface area contributed by atoms with E-state index in [0.717, 1.165) is 11.3 Å². The minimum absolute atomic E-state index is 0.155. The van der Waals surface area contributed by atoms with Crippen LogP contribution in [0.15, 0.2) is 6.20 Å². The van der Waals surface area contributed by atoms with Crippen LogP contribution in [-0.2, 0) is 4.74 Å². The predicted molar refractivity (Wildman–Crippen MR) is 50.0 cm³/mol. The van der Waals surface area contributed by atoms with Gasteiger partial charge in [-0.2, -0.15) is 15.4 Å². The van der Waals surface area contributed by atoms with E-state index in [4.69, 9.17) is 0 Å². The van der Waals surface area contributed by atoms with Crippen molar-refractivity contribution in [1.82, 2.24) is 25.6 Å². The van der Waals surface area contributed by atoms with Gasteiger partial charge in [0.2, 0.25) is 0 Å². The summed E-state index contributed by atoms with van der Waals surface area (Å²) in [6.45, 7) is 1.83. The zero-order chi connectivity index (χ0) is 10.8. The van der Waals surface area contributed by atoms with Crippen LogP contribution in [0.3, 0.4) is 0 Å². The summed E-state index contributed by atoms with van der Waals surface area (Å²) in [4.78, 5) is 11.3. The van der Waals surface area contributed by atoms with Crippen LogP contribution in [0.1, 0.15) is 16.2 Å². The van der Waals surface area contributed by atoms with E-state index in [1.54, 1.807) is 6.20 Å². The van der Waals surface area contributed by atoms with Crippen molar-refractivity contribution in [2.45, 2.75) is 6.92 Å². The van der Waals surface area contributed by atoms with Crippen LogP contribution in [0, 0.1) is 6.92 Å². The minimum Gasteiger partial charge on any atom is -0.464 e. The fourth-order valence-corrected chi connectivity index (χ4v) is 1.25. The van der Waals surface area contributed by atoms with Gasteiger partial charge in [-0.25, -0.2) is 4.79 Å². The highest BCUT2D eigenvalue weighted by Gasteiger charge is 2.20. The first kappa shape index (κ1) is 9.38. The zero-order valence-corrected chi connectivity index (χ0v) is 8.24. The number of carbonyl (C=O) groups excluding carboxylic acids is 1. The molecule has 2 heterocycles. The first-order chi connectivity index (χ1) is 7.24. The molecule has 7 heteroatoms. The van der Waals surface area contributed by atoms with Gasteiger partial charge < -0.3 is 4.74 Å². The van der Waals surface area contributed by atoms with Crippen molar-refractivity contribution in [3.8, 4) is 11.3 Å². The number of ether oxygens (including phenoxy) is 1. The van der Waals surface area contributed by atoms with Crippen LogP contribution in [0.4, 0.5) is 0 Å². The molecule has 0 aliphatic heterocycles. The van der Waals surface area contributed by atoms with Gasteiger partial charge in [0.15, 0.2) is 5.69 Å². The molecule has 0 saturated heterocycles. The molecule has 0 spiro atoms. The number of H-pyrrole nitrogens is 2. The number of aryl methyl sites for hydroxylation is 1. The van der Waals surface area contributed by atoms with Crippen LogP contribution in [0.2, 0.25) is 0 Å². The molecule has 2 rings (SSSR count). The first-order valence-electron chi connectivity index (χ1n) is 4.23. The molecule has 0 fully saturated rings. The lowest BCUT2D eigenvalue weighted by molar-refractivity contribution is 0.0595. The minimum atomic E-state index is -0.528. The number of hydrogen-bond donors (Lipinski definition) is 2. The summed E-state index contributed by atoms with van der Waals surface area (Å²) in [5.41, 5.74) is 2.13. The van der Waals surface area contributed by atoms with Crippen molar-refractivity contribution in [2.75, 3.05) is 7.11 Å². The Morgan fingerprint density at radius 2 is 2.27 bits per heavy atom. The number of hydrogen-bond acceptors (Lipinski definition) is 5. The van der Waals surface area contributed by atoms with Crippen molar-refractivity contribution < 1.29 is 9.53 Å². The Balaban J connectivity index is 2.50. The van der Waals surface area contributed by atoms with Crippen LogP contribution in [-0.4, -0.2) is 38.7 Å². The average Bonchev–Trinajstić information content (AvgIpc) is 2.84. The predicted octanol–water partition coefficient (Wildman–Crippen LogP) is 0.290. The fraction of sp³-hybridized carbons (Fsp3) is 0.250. The lowest BCUT2D eigenvalue weighted by Crippen LogP contribution is -2.03. The zero-order valence-electron chi connectivity index (χ0n) is 8.24. The summed E-state index contributed by atoms with van der Waals surface area (Å²) in [5, 5.41) is 16.6. The van der Waals surface area contributed by atoms with Crippen molar-refractivity contribution in [3.05, 3.63) is 17.6 Å². The Morgan fingerprint density at radius 3 is 2.87 bits per heavy atom. The Morgan fingerprint density at radius 1 is 1.47 bits per heavy atom. The fourth-order valence-electron chi connectivity index (χ4n) is 1.25. The Bertz CT molecular complexity index is 487. The molecule has 0 atom stereocenters. The van der Waals surface area contributed by atoms with Gasteiger partial charge in [-0.1, -0.05) is 0 Å². The lowest BCUT2D eigenvalue weighted by Gasteiger charge is -1.96. The number of aromatic nitrogens is 5. The van der Waals surface area contributed by atoms with E-state index in [0.29, 0.717) is 5.69 Å². The molecule has 2 aromatic heterocycles. The normalized spacial score (nSPS) is 10.3. The summed E-state index contributed by atoms with van der Waals surface area (Å²) >= 11 is 0. The van der Waals surface area contributed by atoms with Crippen LogP contribution in [0.5, 0.6) is 0 Å². The molecule has 15 heavy (non-hydrogen) atoms. The number of methoxy groups -OCH3 is 1. The van der Waals surface area contributed by atoms with E-state index in [2.05, 4.69) is 30.3 Å². The van der Waals surface area contributed by atoms with Crippen molar-refractivity contribution in [3.63, 3.8) is 0 Å². The molecule has 0 bridgehead atoms. The summed E-state index contributed by atoms with van der Waals surface area (Å²) in [6, 6.07) is 0. The molecule has 0 saturated carbocycles. The molecule has 0 unspecified atom stereocenters. The molecular formula is C8H9N5O2. The maximum atomic E-state index is 11.3. The number of rotatable bonds is 2. The number of nitrogens with one attached hydrogen (secondary N) is 2. The van der Waals surface area contributed by atoms with E-state index in [1.165, 1.54) is 7.11 Å². The molecule has 0 aromatic carbocycles. The summed E-state index contributed by atoms with van der Waals surface area (Å²) in [7, 11) is 1.29. The molecule has 0 aliphatic carbocycles. The average molecular weight is 207 g/mol. The van der Waals surface area contributed by atoms with Gasteiger partial charge in [-0.05, 0) is 6.92 Å². The van der Waals surface area contributed by atoms with Gasteiger partial charge in [0.25, 0.3) is 0 Å². The number of esters is 1. The molecular weight excluding hydrogens is 198 g/mol. The second kappa shape index (κ2) is 3.52. The van der Waals surface area contributed by atoms with Crippen molar-refractivity contribution >= 4 is 5.97 Å². The SMILES string of the molecule is COC(=O)c1n[nH]nc1-c1cn[nH]c1C. The third-order valence-corrected chi connectivity index (χ3v) is 2.01. The monoisotopic (exact) mass is 207 g/mol. The highest BCUT2D eigenvalue weighted by molar-refractivity contribution is 5.93. The molecule has 0 amide bonds. The van der Waals surface area contributed by atoms with Gasteiger partial charge in [0, 0.05) is 11.3 Å². The summed E-state index contributed by atoms with van der Waals surface area (Å²) in [6.07, 6.45) is 1.58. The second-order valence-electron chi connectivity index (χ2n) is 2.92. The van der Waals surface area contributed by atoms with Gasteiger partial charge in [-0.3, -0.25) is 5.10 Å². The van der Waals surface area contributed by atoms with E-state index < -0.39 is 5.97 Å². The molecule has 0 radical (unpaired) electrons. The van der Waals surface area contributed by atoms with E-state index in [-0.39, 0.29) is 5.69 Å². The van der Waals surface area contributed by atoms with Crippen molar-refractivity contribution in [1.29, 1.82) is 0 Å². The number of nitrogens with zero attached hydrogens (tertiary/aromatic N) is 3. The smallest absolute Gasteiger partial charge is 0.360 e. The largest absolute Gasteiger partial charge is 0.464 e. The lowest BCUT2D eigenvalue weighted by atomic mass is 10.1. The Hall–Kier alpha value is -2.18. The van der Waals surface area contributed by atoms with Gasteiger partial charge in [0.1, 0.15) is 5.69 Å². The third-order valence-electron chi connectivity index (χ3n) is 2.01. The summed E-state index contributed by atoms with van der Waals surface area (Å²) in [5.74, 6) is -0.528. The van der Waals surface area contributed by atoms with Crippen LogP contribution in [0.25, 0.3) is 11.3 Å². The molecule has 2 aromatic rings. The number of carbonyl (C=O) groups is 1. The second-order valence-corrected chi connectivity index (χ2v) is 2.92. The van der Waals surface area contributed by atoms with E-state index in [9.17, 15) is 4.79 Å². The van der Waals surface area contributed by atoms with Crippen molar-refractivity contribution in [2.24, 2.45) is 0 Å². The Labute approximate surface area is 84.8 Å². The molecule has 78 valence electrons. The molecule has 2 N–H and O–H groups in total. The topological polar surface area (TPSA) is 96.6 Å². The molecule has 0 aliphatic rings. The van der Waals surface area contributed by atoms with Gasteiger partial charge in [0.05, 0.1) is 13.3 Å². The van der Waals surface area contributed by atoms with Gasteiger partial charge in [-0.15, -0.1) is 5.10 Å².